The first kappa shape index (κ1) is 24.8. The summed E-state index contributed by atoms with van der Waals surface area (Å²) in [6.07, 6.45) is -16.4. The fourth-order valence-corrected chi connectivity index (χ4v) is 3.26. The van der Waals surface area contributed by atoms with E-state index in [2.05, 4.69) is 5.32 Å². The third kappa shape index (κ3) is 5.05. The maximum atomic E-state index is 12.3. The number of aliphatic hydroxyl groups is 4. The molecule has 10 atom stereocenters. The molecule has 0 radical (unpaired) electrons. The van der Waals surface area contributed by atoms with Crippen LogP contribution < -0.4 is 11.1 Å². The molecular weight excluding hydrogens is 412 g/mol. The normalized spacial score (nSPS) is 42.0. The first-order chi connectivity index (χ1) is 14.2. The van der Waals surface area contributed by atoms with Crippen molar-refractivity contribution in [3.63, 3.8) is 0 Å². The van der Waals surface area contributed by atoms with Gasteiger partial charge in [0.05, 0.1) is 0 Å². The van der Waals surface area contributed by atoms with Crippen molar-refractivity contribution in [1.82, 2.24) is 5.32 Å². The van der Waals surface area contributed by atoms with E-state index in [-0.39, 0.29) is 13.1 Å². The maximum absolute atomic E-state index is 12.3. The summed E-state index contributed by atoms with van der Waals surface area (Å²) >= 11 is 0. The third-order valence-electron chi connectivity index (χ3n) is 4.83. The Morgan fingerprint density at radius 3 is 2.00 bits per heavy atom. The van der Waals surface area contributed by atoms with Gasteiger partial charge >= 0.3 is 5.97 Å². The molecule has 2 aliphatic rings. The van der Waals surface area contributed by atoms with Crippen LogP contribution in [-0.2, 0) is 33.3 Å². The first-order valence-electron chi connectivity index (χ1n) is 9.12. The molecule has 2 saturated heterocycles. The van der Waals surface area contributed by atoms with Crippen molar-refractivity contribution in [2.75, 3.05) is 27.3 Å². The molecule has 0 aromatic rings. The Balaban J connectivity index is 2.23. The van der Waals surface area contributed by atoms with E-state index in [1.165, 1.54) is 7.11 Å². The van der Waals surface area contributed by atoms with Gasteiger partial charge in [0, 0.05) is 27.3 Å². The summed E-state index contributed by atoms with van der Waals surface area (Å²) < 4.78 is 25.7. The average Bonchev–Trinajstić information content (AvgIpc) is 2.72. The summed E-state index contributed by atoms with van der Waals surface area (Å²) in [6.45, 7) is 0.228. The Bertz CT molecular complexity index is 595. The van der Waals surface area contributed by atoms with E-state index in [1.54, 1.807) is 0 Å². The van der Waals surface area contributed by atoms with Crippen LogP contribution in [0.1, 0.15) is 0 Å². The summed E-state index contributed by atoms with van der Waals surface area (Å²) in [5, 5.41) is 52.9. The van der Waals surface area contributed by atoms with Gasteiger partial charge < -0.3 is 60.3 Å². The number of ether oxygens (including phenoxy) is 5. The molecule has 2 aliphatic heterocycles. The minimum absolute atomic E-state index is 0.0974. The van der Waals surface area contributed by atoms with Crippen LogP contribution in [-0.4, -0.2) is 126 Å². The second kappa shape index (κ2) is 10.7. The van der Waals surface area contributed by atoms with Crippen LogP contribution in [0.3, 0.4) is 0 Å². The van der Waals surface area contributed by atoms with Crippen molar-refractivity contribution in [1.29, 1.82) is 0 Å². The molecule has 0 aromatic carbocycles. The van der Waals surface area contributed by atoms with E-state index in [0.29, 0.717) is 0 Å². The summed E-state index contributed by atoms with van der Waals surface area (Å²) in [4.78, 5) is 23.9. The Labute approximate surface area is 171 Å². The number of rotatable bonds is 8. The zero-order chi connectivity index (χ0) is 22.6. The number of hydrogen-bond donors (Lipinski definition) is 7. The van der Waals surface area contributed by atoms with E-state index in [9.17, 15) is 35.1 Å². The van der Waals surface area contributed by atoms with E-state index >= 15 is 0 Å². The van der Waals surface area contributed by atoms with E-state index < -0.39 is 73.3 Å². The predicted molar refractivity (Wildman–Crippen MR) is 93.7 cm³/mol. The van der Waals surface area contributed by atoms with Crippen molar-refractivity contribution >= 4 is 11.9 Å². The quantitative estimate of drug-likeness (QED) is 0.188. The molecule has 0 bridgehead atoms. The molecule has 8 N–H and O–H groups in total. The number of hydrogen-bond acceptors (Lipinski definition) is 12. The lowest BCUT2D eigenvalue weighted by atomic mass is 9.96. The summed E-state index contributed by atoms with van der Waals surface area (Å²) in [7, 11) is 2.33. The van der Waals surface area contributed by atoms with Crippen LogP contribution >= 0.6 is 0 Å². The van der Waals surface area contributed by atoms with Crippen molar-refractivity contribution in [2.24, 2.45) is 5.73 Å². The third-order valence-corrected chi connectivity index (χ3v) is 4.83. The molecule has 0 spiro atoms. The van der Waals surface area contributed by atoms with Gasteiger partial charge in [0.2, 0.25) is 0 Å². The Morgan fingerprint density at radius 2 is 1.47 bits per heavy atom. The summed E-state index contributed by atoms with van der Waals surface area (Å²) in [6, 6.07) is 0. The lowest BCUT2D eigenvalue weighted by Gasteiger charge is -2.45. The van der Waals surface area contributed by atoms with Crippen molar-refractivity contribution < 1.29 is 58.8 Å². The summed E-state index contributed by atoms with van der Waals surface area (Å²) in [5.41, 5.74) is 5.34. The Hall–Kier alpha value is -1.46. The fourth-order valence-electron chi connectivity index (χ4n) is 3.26. The van der Waals surface area contributed by atoms with Crippen molar-refractivity contribution in [2.45, 2.75) is 61.4 Å². The van der Waals surface area contributed by atoms with Crippen LogP contribution in [0.15, 0.2) is 0 Å². The number of carboxylic acid groups (broad SMARTS) is 1. The molecule has 14 nitrogen and oxygen atoms in total. The van der Waals surface area contributed by atoms with Gasteiger partial charge in [-0.15, -0.1) is 0 Å². The van der Waals surface area contributed by atoms with Crippen molar-refractivity contribution in [3.05, 3.63) is 0 Å². The Kier molecular flexibility index (Phi) is 8.86. The zero-order valence-corrected chi connectivity index (χ0v) is 16.4. The number of aliphatic hydroxyl groups excluding tert-OH is 4. The van der Waals surface area contributed by atoms with Gasteiger partial charge in [-0.05, 0) is 0 Å². The van der Waals surface area contributed by atoms with E-state index in [1.807, 2.05) is 0 Å². The van der Waals surface area contributed by atoms with Gasteiger partial charge in [-0.25, -0.2) is 4.79 Å². The molecule has 2 heterocycles. The highest BCUT2D eigenvalue weighted by Crippen LogP contribution is 2.30. The number of carboxylic acids is 1. The second-order valence-electron chi connectivity index (χ2n) is 6.77. The SMILES string of the molecule is CO[C@@H]1OC(C(=O)O)[C@@H](O[C@@H]2OC(C(=O)NCCN)[C@@H](OC)[C@H](O)C2O)[C@H](O)C1O. The lowest BCUT2D eigenvalue weighted by Crippen LogP contribution is -2.66. The predicted octanol–water partition coefficient (Wildman–Crippen LogP) is -4.91. The van der Waals surface area contributed by atoms with E-state index in [4.69, 9.17) is 29.4 Å². The number of carbonyl (C=O) groups excluding carboxylic acids is 1. The van der Waals surface area contributed by atoms with Crippen LogP contribution in [0.5, 0.6) is 0 Å². The highest BCUT2D eigenvalue weighted by atomic mass is 16.7. The Morgan fingerprint density at radius 1 is 0.900 bits per heavy atom. The van der Waals surface area contributed by atoms with Crippen LogP contribution in [0.2, 0.25) is 0 Å². The maximum Gasteiger partial charge on any atom is 0.335 e. The molecular formula is C16H28N2O12. The molecule has 30 heavy (non-hydrogen) atoms. The largest absolute Gasteiger partial charge is 0.479 e. The minimum atomic E-state index is -1.82. The molecule has 174 valence electrons. The molecule has 0 aliphatic carbocycles. The molecule has 2 fully saturated rings. The first-order valence-corrected chi connectivity index (χ1v) is 9.12. The van der Waals surface area contributed by atoms with E-state index in [0.717, 1.165) is 7.11 Å². The smallest absolute Gasteiger partial charge is 0.335 e. The van der Waals surface area contributed by atoms with Gasteiger partial charge in [0.15, 0.2) is 24.8 Å². The number of nitrogens with one attached hydrogen (secondary N) is 1. The molecule has 0 aromatic heterocycles. The van der Waals surface area contributed by atoms with Crippen molar-refractivity contribution in [3.8, 4) is 0 Å². The van der Waals surface area contributed by atoms with Crippen LogP contribution in [0, 0.1) is 0 Å². The highest BCUT2D eigenvalue weighted by Gasteiger charge is 2.54. The monoisotopic (exact) mass is 440 g/mol. The fraction of sp³-hybridized carbons (Fsp3) is 0.875. The second-order valence-corrected chi connectivity index (χ2v) is 6.77. The van der Waals surface area contributed by atoms with Gasteiger partial charge in [-0.1, -0.05) is 0 Å². The number of carbonyl (C=O) groups is 2. The average molecular weight is 440 g/mol. The van der Waals surface area contributed by atoms with Gasteiger partial charge in [-0.3, -0.25) is 4.79 Å². The van der Waals surface area contributed by atoms with Gasteiger partial charge in [-0.2, -0.15) is 0 Å². The minimum Gasteiger partial charge on any atom is -0.479 e. The summed E-state index contributed by atoms with van der Waals surface area (Å²) in [5.74, 6) is -2.27. The molecule has 2 rings (SSSR count). The lowest BCUT2D eigenvalue weighted by molar-refractivity contribution is -0.348. The number of nitrogens with two attached hydrogens (primary N) is 1. The number of aliphatic carboxylic acids is 1. The molecule has 0 saturated carbocycles. The molecule has 1 amide bonds. The standard InChI is InChI=1S/C16H28N2O12/c1-26-9-5(19)8(22)16(29-11(9)13(23)18-4-3-17)28-10-6(20)7(21)15(27-2)30-12(10)14(24)25/h5-12,15-16,19-22H,3-4,17H2,1-2H3,(H,18,23)(H,24,25)/t5-,6-,7?,8?,9+,10+,11?,12?,15-,16-/m1/s1. The van der Waals surface area contributed by atoms with Crippen LogP contribution in [0.4, 0.5) is 0 Å². The van der Waals surface area contributed by atoms with Crippen LogP contribution in [0.25, 0.3) is 0 Å². The number of methoxy groups -OCH3 is 2. The molecule has 14 heteroatoms. The molecule has 4 unspecified atom stereocenters. The zero-order valence-electron chi connectivity index (χ0n) is 16.4. The number of amides is 1. The topological polar surface area (TPSA) is 219 Å². The van der Waals surface area contributed by atoms with Gasteiger partial charge in [0.25, 0.3) is 5.91 Å². The highest BCUT2D eigenvalue weighted by molar-refractivity contribution is 5.81. The van der Waals surface area contributed by atoms with Gasteiger partial charge in [0.1, 0.15) is 36.6 Å².